The maximum Gasteiger partial charge on any atom is 0.316 e. The average Bonchev–Trinajstić information content (AvgIpc) is 2.00. The van der Waals surface area contributed by atoms with Crippen LogP contribution in [0.5, 0.6) is 0 Å². The zero-order chi connectivity index (χ0) is 9.56. The fourth-order valence-electron chi connectivity index (χ4n) is 0.965. The molecule has 0 saturated carbocycles. The fourth-order valence-corrected chi connectivity index (χ4v) is 0.965. The molecular formula is C9H16O3. The van der Waals surface area contributed by atoms with Gasteiger partial charge in [-0.1, -0.05) is 13.8 Å². The van der Waals surface area contributed by atoms with Gasteiger partial charge in [-0.15, -0.1) is 0 Å². The van der Waals surface area contributed by atoms with Gasteiger partial charge in [0, 0.05) is 0 Å². The Morgan fingerprint density at radius 3 is 2.42 bits per heavy atom. The Morgan fingerprint density at radius 2 is 2.08 bits per heavy atom. The first kappa shape index (κ1) is 11.1. The summed E-state index contributed by atoms with van der Waals surface area (Å²) in [5.74, 6) is -0.643. The lowest BCUT2D eigenvalue weighted by Gasteiger charge is -2.10. The summed E-state index contributed by atoms with van der Waals surface area (Å²) in [6, 6.07) is 0. The third-order valence-corrected chi connectivity index (χ3v) is 1.48. The zero-order valence-electron chi connectivity index (χ0n) is 7.87. The molecule has 0 aliphatic rings. The summed E-state index contributed by atoms with van der Waals surface area (Å²) in [4.78, 5) is 21.5. The molecule has 1 unspecified atom stereocenters. The molecule has 0 aliphatic heterocycles. The Kier molecular flexibility index (Phi) is 5.34. The molecule has 0 rings (SSSR count). The van der Waals surface area contributed by atoms with Crippen LogP contribution in [0.2, 0.25) is 0 Å². The van der Waals surface area contributed by atoms with Gasteiger partial charge in [0.2, 0.25) is 0 Å². The summed E-state index contributed by atoms with van der Waals surface area (Å²) in [5, 5.41) is 0. The van der Waals surface area contributed by atoms with Crippen LogP contribution in [0.3, 0.4) is 0 Å². The number of carbonyl (C=O) groups excluding carboxylic acids is 2. The molecular weight excluding hydrogens is 156 g/mol. The van der Waals surface area contributed by atoms with Crippen LogP contribution in [0.15, 0.2) is 0 Å². The van der Waals surface area contributed by atoms with Crippen LogP contribution >= 0.6 is 0 Å². The minimum absolute atomic E-state index is 0.335. The van der Waals surface area contributed by atoms with Gasteiger partial charge in [-0.25, -0.2) is 0 Å². The van der Waals surface area contributed by atoms with Crippen molar-refractivity contribution >= 4 is 12.3 Å². The monoisotopic (exact) mass is 172 g/mol. The highest BCUT2D eigenvalue weighted by atomic mass is 16.5. The highest BCUT2D eigenvalue weighted by Crippen LogP contribution is 2.10. The SMILES string of the molecule is CCOC(=O)C(C=O)CC(C)C. The summed E-state index contributed by atoms with van der Waals surface area (Å²) in [7, 11) is 0. The van der Waals surface area contributed by atoms with E-state index in [9.17, 15) is 9.59 Å². The lowest BCUT2D eigenvalue weighted by Crippen LogP contribution is -2.20. The van der Waals surface area contributed by atoms with Crippen LogP contribution in [0.1, 0.15) is 27.2 Å². The average molecular weight is 172 g/mol. The van der Waals surface area contributed by atoms with E-state index in [1.807, 2.05) is 13.8 Å². The van der Waals surface area contributed by atoms with Gasteiger partial charge in [-0.3, -0.25) is 4.79 Å². The van der Waals surface area contributed by atoms with E-state index < -0.39 is 11.9 Å². The van der Waals surface area contributed by atoms with Crippen LogP contribution in [0.25, 0.3) is 0 Å². The minimum atomic E-state index is -0.579. The first-order valence-electron chi connectivity index (χ1n) is 4.23. The second-order valence-corrected chi connectivity index (χ2v) is 3.12. The quantitative estimate of drug-likeness (QED) is 0.358. The standard InChI is InChI=1S/C9H16O3/c1-4-12-9(11)8(6-10)5-7(2)3/h6-8H,4-5H2,1-3H3. The van der Waals surface area contributed by atoms with Crippen molar-refractivity contribution in [2.45, 2.75) is 27.2 Å². The van der Waals surface area contributed by atoms with Crippen molar-refractivity contribution in [2.75, 3.05) is 6.61 Å². The van der Waals surface area contributed by atoms with E-state index in [0.29, 0.717) is 25.2 Å². The number of hydrogen-bond donors (Lipinski definition) is 0. The molecule has 0 N–H and O–H groups in total. The Hall–Kier alpha value is -0.860. The van der Waals surface area contributed by atoms with Crippen molar-refractivity contribution in [3.63, 3.8) is 0 Å². The first-order valence-corrected chi connectivity index (χ1v) is 4.23. The lowest BCUT2D eigenvalue weighted by molar-refractivity contribution is -0.149. The third-order valence-electron chi connectivity index (χ3n) is 1.48. The van der Waals surface area contributed by atoms with Gasteiger partial charge in [0.05, 0.1) is 6.61 Å². The van der Waals surface area contributed by atoms with Crippen molar-refractivity contribution in [1.29, 1.82) is 0 Å². The first-order chi connectivity index (χ1) is 5.61. The van der Waals surface area contributed by atoms with Gasteiger partial charge in [0.25, 0.3) is 0 Å². The number of esters is 1. The van der Waals surface area contributed by atoms with Crippen molar-refractivity contribution in [3.05, 3.63) is 0 Å². The molecule has 0 aromatic carbocycles. The summed E-state index contributed by atoms with van der Waals surface area (Å²) in [6.07, 6.45) is 1.24. The molecule has 1 atom stereocenters. The van der Waals surface area contributed by atoms with E-state index >= 15 is 0 Å². The zero-order valence-corrected chi connectivity index (χ0v) is 7.87. The summed E-state index contributed by atoms with van der Waals surface area (Å²) in [5.41, 5.74) is 0. The molecule has 12 heavy (non-hydrogen) atoms. The number of ether oxygens (including phenoxy) is 1. The van der Waals surface area contributed by atoms with E-state index in [-0.39, 0.29) is 0 Å². The van der Waals surface area contributed by atoms with E-state index in [0.717, 1.165) is 0 Å². The lowest BCUT2D eigenvalue weighted by atomic mass is 9.99. The summed E-state index contributed by atoms with van der Waals surface area (Å²) >= 11 is 0. The number of carbonyl (C=O) groups is 2. The summed E-state index contributed by atoms with van der Waals surface area (Å²) < 4.78 is 4.73. The number of rotatable bonds is 5. The Balaban J connectivity index is 3.96. The van der Waals surface area contributed by atoms with Crippen molar-refractivity contribution < 1.29 is 14.3 Å². The number of hydrogen-bond acceptors (Lipinski definition) is 3. The topological polar surface area (TPSA) is 43.4 Å². The molecule has 0 spiro atoms. The van der Waals surface area contributed by atoms with E-state index in [2.05, 4.69) is 0 Å². The van der Waals surface area contributed by atoms with Crippen molar-refractivity contribution in [1.82, 2.24) is 0 Å². The Labute approximate surface area is 73.1 Å². The molecule has 0 heterocycles. The number of aldehydes is 1. The van der Waals surface area contributed by atoms with Crippen LogP contribution < -0.4 is 0 Å². The van der Waals surface area contributed by atoms with Crippen LogP contribution in [0, 0.1) is 11.8 Å². The molecule has 0 amide bonds. The van der Waals surface area contributed by atoms with E-state index in [1.165, 1.54) is 0 Å². The normalized spacial score (nSPS) is 12.7. The largest absolute Gasteiger partial charge is 0.465 e. The van der Waals surface area contributed by atoms with Crippen molar-refractivity contribution in [3.8, 4) is 0 Å². The van der Waals surface area contributed by atoms with Gasteiger partial charge >= 0.3 is 5.97 Å². The smallest absolute Gasteiger partial charge is 0.316 e. The Bertz CT molecular complexity index is 152. The Morgan fingerprint density at radius 1 is 1.50 bits per heavy atom. The molecule has 0 aromatic heterocycles. The van der Waals surface area contributed by atoms with Gasteiger partial charge in [0.1, 0.15) is 12.2 Å². The highest BCUT2D eigenvalue weighted by Gasteiger charge is 2.19. The van der Waals surface area contributed by atoms with E-state index in [4.69, 9.17) is 4.74 Å². The van der Waals surface area contributed by atoms with Crippen LogP contribution in [-0.4, -0.2) is 18.9 Å². The van der Waals surface area contributed by atoms with Gasteiger partial charge in [-0.05, 0) is 19.3 Å². The molecule has 0 fully saturated rings. The second-order valence-electron chi connectivity index (χ2n) is 3.12. The fraction of sp³-hybridized carbons (Fsp3) is 0.778. The molecule has 0 radical (unpaired) electrons. The van der Waals surface area contributed by atoms with E-state index in [1.54, 1.807) is 6.92 Å². The van der Waals surface area contributed by atoms with Gasteiger partial charge in [-0.2, -0.15) is 0 Å². The molecule has 3 heteroatoms. The predicted octanol–water partition coefficient (Wildman–Crippen LogP) is 1.41. The van der Waals surface area contributed by atoms with Crippen LogP contribution in [0.4, 0.5) is 0 Å². The maximum absolute atomic E-state index is 11.1. The van der Waals surface area contributed by atoms with Crippen LogP contribution in [-0.2, 0) is 14.3 Å². The molecule has 0 aromatic rings. The van der Waals surface area contributed by atoms with Gasteiger partial charge in [0.15, 0.2) is 0 Å². The molecule has 0 bridgehead atoms. The highest BCUT2D eigenvalue weighted by molar-refractivity contribution is 5.87. The molecule has 3 nitrogen and oxygen atoms in total. The molecule has 70 valence electrons. The second kappa shape index (κ2) is 5.75. The van der Waals surface area contributed by atoms with Crippen molar-refractivity contribution in [2.24, 2.45) is 11.8 Å². The molecule has 0 saturated heterocycles. The minimum Gasteiger partial charge on any atom is -0.465 e. The predicted molar refractivity (Wildman–Crippen MR) is 45.6 cm³/mol. The third kappa shape index (κ3) is 4.11. The maximum atomic E-state index is 11.1. The summed E-state index contributed by atoms with van der Waals surface area (Å²) in [6.45, 7) is 6.00. The van der Waals surface area contributed by atoms with Gasteiger partial charge < -0.3 is 9.53 Å². The molecule has 0 aliphatic carbocycles.